The Morgan fingerprint density at radius 3 is 0.805 bits per heavy atom. The smallest absolute Gasteiger partial charge is 0.0195 e. The average molecular weight is 591 g/mol. The number of unbranched alkanes of at least 4 members (excludes halogenated alkanes) is 2. The monoisotopic (exact) mass is 590 g/mol. The lowest BCUT2D eigenvalue weighted by atomic mass is 10.4. The molecule has 0 bridgehead atoms. The van der Waals surface area contributed by atoms with E-state index in [0.29, 0.717) is 0 Å². The van der Waals surface area contributed by atoms with Crippen LogP contribution in [0.25, 0.3) is 0 Å². The van der Waals surface area contributed by atoms with Crippen LogP contribution < -0.4 is 26.5 Å². The van der Waals surface area contributed by atoms with E-state index >= 15 is 0 Å². The molecule has 41 heavy (non-hydrogen) atoms. The first-order valence-corrected chi connectivity index (χ1v) is 19.7. The fraction of sp³-hybridized carbons (Fsp3) is 0.211. The molecule has 0 radical (unpaired) electrons. The van der Waals surface area contributed by atoms with Gasteiger partial charge >= 0.3 is 0 Å². The lowest BCUT2D eigenvalue weighted by Crippen LogP contribution is -2.15. The SMILES string of the molecule is c1ccc(P(CCCCP(c2ccccc2)c2ccccc2)CCCCP(c2ccccc2)c2ccccc2)cc1. The summed E-state index contributed by atoms with van der Waals surface area (Å²) in [7, 11) is -0.704. The molecule has 0 amide bonds. The molecule has 5 aromatic rings. The van der Waals surface area contributed by atoms with E-state index in [0.717, 1.165) is 0 Å². The zero-order valence-corrected chi connectivity index (χ0v) is 26.6. The molecule has 0 saturated heterocycles. The number of hydrogen-bond acceptors (Lipinski definition) is 0. The molecule has 0 spiro atoms. The summed E-state index contributed by atoms with van der Waals surface area (Å²) in [5, 5.41) is 7.61. The topological polar surface area (TPSA) is 0 Å². The lowest BCUT2D eigenvalue weighted by molar-refractivity contribution is 0.878. The first-order chi connectivity index (χ1) is 20.4. The normalized spacial score (nSPS) is 11.4. The summed E-state index contributed by atoms with van der Waals surface area (Å²) in [5.74, 6) is 0. The molecule has 0 unspecified atom stereocenters. The molecule has 5 aromatic carbocycles. The molecule has 0 aliphatic rings. The third-order valence-electron chi connectivity index (χ3n) is 7.51. The molecule has 0 fully saturated rings. The fourth-order valence-electron chi connectivity index (χ4n) is 5.40. The molecule has 0 N–H and O–H groups in total. The lowest BCUT2D eigenvalue weighted by Gasteiger charge is -2.22. The van der Waals surface area contributed by atoms with Gasteiger partial charge in [-0.05, 0) is 92.7 Å². The van der Waals surface area contributed by atoms with E-state index in [1.807, 2.05) is 0 Å². The van der Waals surface area contributed by atoms with Crippen LogP contribution in [-0.4, -0.2) is 24.6 Å². The number of rotatable bonds is 15. The van der Waals surface area contributed by atoms with Crippen molar-refractivity contribution in [2.45, 2.75) is 25.7 Å². The second kappa shape index (κ2) is 16.7. The Labute approximate surface area is 251 Å². The van der Waals surface area contributed by atoms with Crippen LogP contribution in [0.15, 0.2) is 152 Å². The van der Waals surface area contributed by atoms with Crippen molar-refractivity contribution in [3.05, 3.63) is 152 Å². The van der Waals surface area contributed by atoms with Crippen molar-refractivity contribution in [3.63, 3.8) is 0 Å². The highest BCUT2D eigenvalue weighted by atomic mass is 31.1. The largest absolute Gasteiger partial charge is 0.0753 e. The van der Waals surface area contributed by atoms with E-state index in [1.54, 1.807) is 5.30 Å². The van der Waals surface area contributed by atoms with Gasteiger partial charge in [0.25, 0.3) is 0 Å². The summed E-state index contributed by atoms with van der Waals surface area (Å²) in [6.07, 6.45) is 10.5. The predicted molar refractivity (Wildman–Crippen MR) is 189 cm³/mol. The van der Waals surface area contributed by atoms with Crippen LogP contribution in [0.5, 0.6) is 0 Å². The van der Waals surface area contributed by atoms with Crippen molar-refractivity contribution < 1.29 is 0 Å². The van der Waals surface area contributed by atoms with Gasteiger partial charge in [-0.1, -0.05) is 160 Å². The van der Waals surface area contributed by atoms with Gasteiger partial charge in [-0.15, -0.1) is 0 Å². The Hall–Kier alpha value is -2.61. The highest BCUT2D eigenvalue weighted by Gasteiger charge is 2.16. The molecule has 0 aromatic heterocycles. The highest BCUT2D eigenvalue weighted by molar-refractivity contribution is 7.73. The first-order valence-electron chi connectivity index (χ1n) is 14.9. The van der Waals surface area contributed by atoms with Gasteiger partial charge in [-0.2, -0.15) is 0 Å². The molecule has 0 aliphatic carbocycles. The summed E-state index contributed by atoms with van der Waals surface area (Å²) >= 11 is 0. The van der Waals surface area contributed by atoms with Crippen LogP contribution >= 0.6 is 23.8 Å². The van der Waals surface area contributed by atoms with E-state index in [9.17, 15) is 0 Å². The van der Waals surface area contributed by atoms with Crippen molar-refractivity contribution in [2.75, 3.05) is 24.6 Å². The van der Waals surface area contributed by atoms with E-state index in [4.69, 9.17) is 0 Å². The standard InChI is InChI=1S/C38H41P3/c1-6-20-34(21-7-1)39(30-16-18-32-40(35-22-8-2-9-23-35)36-24-10-3-11-25-36)31-17-19-33-41(37-26-12-4-13-27-37)38-28-14-5-15-29-38/h1-15,20-29H,16-19,30-33H2. The third-order valence-corrected chi connectivity index (χ3v) is 15.5. The van der Waals surface area contributed by atoms with E-state index in [2.05, 4.69) is 152 Å². The molecule has 3 heteroatoms. The van der Waals surface area contributed by atoms with E-state index in [1.165, 1.54) is 71.5 Å². The van der Waals surface area contributed by atoms with Crippen molar-refractivity contribution in [1.82, 2.24) is 0 Å². The Balaban J connectivity index is 1.18. The van der Waals surface area contributed by atoms with Crippen LogP contribution in [-0.2, 0) is 0 Å². The Bertz CT molecular complexity index is 1210. The molecular formula is C38H41P3. The summed E-state index contributed by atoms with van der Waals surface area (Å²) in [5.41, 5.74) is 0. The molecule has 0 aliphatic heterocycles. The van der Waals surface area contributed by atoms with Gasteiger partial charge in [-0.3, -0.25) is 0 Å². The van der Waals surface area contributed by atoms with Crippen molar-refractivity contribution in [3.8, 4) is 0 Å². The highest BCUT2D eigenvalue weighted by Crippen LogP contribution is 2.40. The van der Waals surface area contributed by atoms with Gasteiger partial charge in [0, 0.05) is 0 Å². The quantitative estimate of drug-likeness (QED) is 0.0846. The van der Waals surface area contributed by atoms with Gasteiger partial charge in [0.05, 0.1) is 0 Å². The van der Waals surface area contributed by atoms with Gasteiger partial charge < -0.3 is 0 Å². The van der Waals surface area contributed by atoms with Gasteiger partial charge in [-0.25, -0.2) is 0 Å². The maximum atomic E-state index is 2.38. The summed E-state index contributed by atoms with van der Waals surface area (Å²) in [6, 6.07) is 56.2. The molecule has 0 nitrogen and oxygen atoms in total. The van der Waals surface area contributed by atoms with Crippen LogP contribution in [0.3, 0.4) is 0 Å². The summed E-state index contributed by atoms with van der Waals surface area (Å²) in [6.45, 7) is 0. The van der Waals surface area contributed by atoms with Crippen LogP contribution in [0.1, 0.15) is 25.7 Å². The fourth-order valence-corrected chi connectivity index (χ4v) is 12.8. The minimum Gasteiger partial charge on any atom is -0.0753 e. The van der Waals surface area contributed by atoms with Crippen molar-refractivity contribution in [2.24, 2.45) is 0 Å². The van der Waals surface area contributed by atoms with Gasteiger partial charge in [0.15, 0.2) is 0 Å². The average Bonchev–Trinajstić information content (AvgIpc) is 3.06. The summed E-state index contributed by atoms with van der Waals surface area (Å²) < 4.78 is 0. The van der Waals surface area contributed by atoms with Crippen molar-refractivity contribution >= 4 is 50.3 Å². The predicted octanol–water partition coefficient (Wildman–Crippen LogP) is 8.62. The minimum absolute atomic E-state index is 0.120. The van der Waals surface area contributed by atoms with Crippen LogP contribution in [0.2, 0.25) is 0 Å². The molecule has 0 heterocycles. The zero-order valence-electron chi connectivity index (χ0n) is 23.9. The molecular weight excluding hydrogens is 549 g/mol. The van der Waals surface area contributed by atoms with Crippen molar-refractivity contribution in [1.29, 1.82) is 0 Å². The first kappa shape index (κ1) is 29.9. The molecule has 5 rings (SSSR count). The van der Waals surface area contributed by atoms with Crippen LogP contribution in [0, 0.1) is 0 Å². The van der Waals surface area contributed by atoms with Gasteiger partial charge in [0.1, 0.15) is 0 Å². The maximum absolute atomic E-state index is 2.38. The Kier molecular flexibility index (Phi) is 12.2. The zero-order chi connectivity index (χ0) is 28.0. The third kappa shape index (κ3) is 9.19. The molecule has 208 valence electrons. The summed E-state index contributed by atoms with van der Waals surface area (Å²) in [4.78, 5) is 0. The molecule has 0 atom stereocenters. The second-order valence-electron chi connectivity index (χ2n) is 10.4. The maximum Gasteiger partial charge on any atom is -0.0195 e. The second-order valence-corrected chi connectivity index (χ2v) is 17.5. The number of hydrogen-bond donors (Lipinski definition) is 0. The van der Waals surface area contributed by atoms with E-state index < -0.39 is 0 Å². The Morgan fingerprint density at radius 2 is 0.512 bits per heavy atom. The van der Waals surface area contributed by atoms with E-state index in [-0.39, 0.29) is 23.8 Å². The molecule has 0 saturated carbocycles. The number of benzene rings is 5. The van der Waals surface area contributed by atoms with Gasteiger partial charge in [0.2, 0.25) is 0 Å². The Morgan fingerprint density at radius 1 is 0.268 bits per heavy atom. The van der Waals surface area contributed by atoms with Crippen LogP contribution in [0.4, 0.5) is 0 Å². The minimum atomic E-state index is -0.292.